The molecule has 5 N–H and O–H groups in total. The molecule has 0 saturated heterocycles. The second-order valence-corrected chi connectivity index (χ2v) is 7.54. The van der Waals surface area contributed by atoms with Crippen LogP contribution in [0.15, 0.2) is 12.4 Å². The Morgan fingerprint density at radius 1 is 1.48 bits per heavy atom. The Labute approximate surface area is 160 Å². The van der Waals surface area contributed by atoms with Crippen molar-refractivity contribution in [2.24, 2.45) is 11.3 Å². The zero-order valence-corrected chi connectivity index (χ0v) is 15.5. The molecule has 1 unspecified atom stereocenters. The molecule has 0 aliphatic heterocycles. The molecule has 5 atom stereocenters. The van der Waals surface area contributed by atoms with Gasteiger partial charge in [0.05, 0.1) is 36.2 Å². The first-order valence-corrected chi connectivity index (χ1v) is 9.29. The van der Waals surface area contributed by atoms with Gasteiger partial charge in [0, 0.05) is 19.7 Å². The van der Waals surface area contributed by atoms with Crippen LogP contribution in [0.3, 0.4) is 0 Å². The van der Waals surface area contributed by atoms with Crippen molar-refractivity contribution in [2.75, 3.05) is 25.5 Å². The number of nitrogens with zero attached hydrogens (tertiary/aromatic N) is 3. The van der Waals surface area contributed by atoms with Gasteiger partial charge in [0.1, 0.15) is 16.8 Å². The van der Waals surface area contributed by atoms with E-state index in [1.54, 1.807) is 17.0 Å². The largest absolute Gasteiger partial charge is 0.395 e. The number of pyridine rings is 1. The van der Waals surface area contributed by atoms with Crippen molar-refractivity contribution < 1.29 is 20.1 Å². The van der Waals surface area contributed by atoms with Gasteiger partial charge in [-0.3, -0.25) is 4.79 Å². The maximum Gasteiger partial charge on any atom is 0.229 e. The van der Waals surface area contributed by atoms with Crippen LogP contribution in [0, 0.1) is 11.3 Å². The van der Waals surface area contributed by atoms with Gasteiger partial charge in [0.25, 0.3) is 0 Å². The Morgan fingerprint density at radius 3 is 2.89 bits per heavy atom. The van der Waals surface area contributed by atoms with Crippen LogP contribution in [0.1, 0.15) is 18.9 Å². The van der Waals surface area contributed by atoms with E-state index >= 15 is 0 Å². The van der Waals surface area contributed by atoms with Crippen molar-refractivity contribution in [2.45, 2.75) is 31.1 Å². The fraction of sp³-hybridized carbons (Fsp3) is 0.588. The van der Waals surface area contributed by atoms with E-state index in [9.17, 15) is 15.0 Å². The van der Waals surface area contributed by atoms with Gasteiger partial charge in [-0.05, 0) is 18.8 Å². The summed E-state index contributed by atoms with van der Waals surface area (Å²) in [5, 5.41) is 36.4. The summed E-state index contributed by atoms with van der Waals surface area (Å²) >= 11 is 6.15. The molecule has 4 rings (SSSR count). The smallest absolute Gasteiger partial charge is 0.229 e. The number of aromatic nitrogens is 3. The zero-order valence-electron chi connectivity index (χ0n) is 14.8. The van der Waals surface area contributed by atoms with E-state index in [-0.39, 0.29) is 23.6 Å². The van der Waals surface area contributed by atoms with Crippen molar-refractivity contribution >= 4 is 34.4 Å². The van der Waals surface area contributed by atoms with E-state index < -0.39 is 23.7 Å². The van der Waals surface area contributed by atoms with Crippen LogP contribution in [0.25, 0.3) is 11.2 Å². The first-order valence-electron chi connectivity index (χ1n) is 8.91. The third kappa shape index (κ3) is 2.46. The van der Waals surface area contributed by atoms with Gasteiger partial charge in [0.15, 0.2) is 5.65 Å². The maximum atomic E-state index is 12.5. The summed E-state index contributed by atoms with van der Waals surface area (Å²) in [7, 11) is 1.53. The summed E-state index contributed by atoms with van der Waals surface area (Å²) in [4.78, 5) is 21.2. The minimum Gasteiger partial charge on any atom is -0.395 e. The molecule has 2 saturated carbocycles. The highest BCUT2D eigenvalue weighted by atomic mass is 35.5. The fourth-order valence-corrected chi connectivity index (χ4v) is 4.91. The Balaban J connectivity index is 1.79. The van der Waals surface area contributed by atoms with Gasteiger partial charge in [-0.15, -0.1) is 0 Å². The average molecular weight is 396 g/mol. The van der Waals surface area contributed by atoms with Crippen LogP contribution >= 0.6 is 11.6 Å². The number of anilines is 1. The van der Waals surface area contributed by atoms with Crippen LogP contribution in [-0.2, 0) is 4.79 Å². The molecule has 9 nitrogen and oxygen atoms in total. The molecule has 10 heteroatoms. The summed E-state index contributed by atoms with van der Waals surface area (Å²) in [6.07, 6.45) is 0.501. The molecule has 1 amide bonds. The zero-order chi connectivity index (χ0) is 19.3. The number of carbonyl (C=O) groups excluding carboxylic acids is 1. The van der Waals surface area contributed by atoms with Gasteiger partial charge in [0.2, 0.25) is 5.91 Å². The number of amides is 1. The van der Waals surface area contributed by atoms with E-state index in [2.05, 4.69) is 20.6 Å². The number of aliphatic hydroxyl groups excluding tert-OH is 3. The number of carbonyl (C=O) groups is 1. The lowest BCUT2D eigenvalue weighted by atomic mass is 9.59. The number of halogens is 1. The summed E-state index contributed by atoms with van der Waals surface area (Å²) in [6, 6.07) is 1.09. The number of hydrogen-bond acceptors (Lipinski definition) is 7. The Bertz CT molecular complexity index is 890. The van der Waals surface area contributed by atoms with Gasteiger partial charge in [-0.25, -0.2) is 9.97 Å². The fourth-order valence-electron chi connectivity index (χ4n) is 4.72. The number of fused-ring (bicyclic) bond motifs is 2. The van der Waals surface area contributed by atoms with E-state index in [0.29, 0.717) is 36.2 Å². The molecule has 0 spiro atoms. The lowest BCUT2D eigenvalue weighted by molar-refractivity contribution is -0.151. The Morgan fingerprint density at radius 2 is 2.26 bits per heavy atom. The monoisotopic (exact) mass is 395 g/mol. The lowest BCUT2D eigenvalue weighted by Gasteiger charge is -2.46. The molecule has 2 aliphatic rings. The van der Waals surface area contributed by atoms with Gasteiger partial charge >= 0.3 is 0 Å². The predicted octanol–water partition coefficient (Wildman–Crippen LogP) is -0.0922. The molecule has 0 aromatic carbocycles. The highest BCUT2D eigenvalue weighted by Crippen LogP contribution is 2.62. The molecule has 2 heterocycles. The first kappa shape index (κ1) is 18.4. The number of aliphatic hydroxyl groups is 3. The molecule has 2 fully saturated rings. The van der Waals surface area contributed by atoms with Crippen molar-refractivity contribution in [3.63, 3.8) is 0 Å². The van der Waals surface area contributed by atoms with E-state index in [1.807, 2.05) is 0 Å². The van der Waals surface area contributed by atoms with Gasteiger partial charge in [-0.1, -0.05) is 11.6 Å². The molecular formula is C17H22ClN5O4. The number of hydrogen-bond donors (Lipinski definition) is 5. The molecule has 2 aromatic heterocycles. The SMILES string of the molecule is CNC(=O)[C@@]12CC[C@@H]1C(n1cnc3c(NCCO)cc(Cl)nc31)[C@H](O)[C@@H]2O. The molecule has 27 heavy (non-hydrogen) atoms. The molecule has 2 aliphatic carbocycles. The average Bonchev–Trinajstić information content (AvgIpc) is 3.10. The van der Waals surface area contributed by atoms with Crippen LogP contribution < -0.4 is 10.6 Å². The summed E-state index contributed by atoms with van der Waals surface area (Å²) in [5.74, 6) is -0.483. The molecule has 0 radical (unpaired) electrons. The minimum absolute atomic E-state index is 0.0492. The number of rotatable bonds is 5. The topological polar surface area (TPSA) is 133 Å². The van der Waals surface area contributed by atoms with E-state index in [4.69, 9.17) is 16.7 Å². The minimum atomic E-state index is -1.16. The number of imidazole rings is 1. The summed E-state index contributed by atoms with van der Waals surface area (Å²) in [5.41, 5.74) is 0.633. The summed E-state index contributed by atoms with van der Waals surface area (Å²) in [6.45, 7) is 0.280. The molecule has 146 valence electrons. The lowest BCUT2D eigenvalue weighted by Crippen LogP contribution is -2.55. The molecular weight excluding hydrogens is 374 g/mol. The highest BCUT2D eigenvalue weighted by molar-refractivity contribution is 6.30. The summed E-state index contributed by atoms with van der Waals surface area (Å²) < 4.78 is 1.70. The maximum absolute atomic E-state index is 12.5. The van der Waals surface area contributed by atoms with Crippen molar-refractivity contribution in [3.05, 3.63) is 17.5 Å². The van der Waals surface area contributed by atoms with Crippen molar-refractivity contribution in [1.82, 2.24) is 19.9 Å². The highest BCUT2D eigenvalue weighted by Gasteiger charge is 2.68. The van der Waals surface area contributed by atoms with Crippen LogP contribution in [0.2, 0.25) is 5.15 Å². The quantitative estimate of drug-likeness (QED) is 0.447. The van der Waals surface area contributed by atoms with Crippen LogP contribution in [0.4, 0.5) is 5.69 Å². The van der Waals surface area contributed by atoms with Crippen molar-refractivity contribution in [3.8, 4) is 0 Å². The third-order valence-electron chi connectivity index (χ3n) is 6.04. The molecule has 0 bridgehead atoms. The Kier molecular flexibility index (Phi) is 4.50. The van der Waals surface area contributed by atoms with E-state index in [1.165, 1.54) is 7.05 Å². The van der Waals surface area contributed by atoms with E-state index in [0.717, 1.165) is 0 Å². The normalized spacial score (nSPS) is 32.2. The van der Waals surface area contributed by atoms with Crippen LogP contribution in [0.5, 0.6) is 0 Å². The standard InChI is InChI=1S/C17H22ClN5O4/c1-19-16(27)17-3-2-8(17)12(13(25)14(17)26)23-7-21-11-9(20-4-5-24)6-10(18)22-15(11)23/h6-8,12-14,24-26H,2-5H2,1H3,(H,19,27)(H,20,22)/t8-,12?,13+,14+,17+/m1/s1. The Hall–Kier alpha value is -1.94. The number of nitrogens with one attached hydrogen (secondary N) is 2. The second-order valence-electron chi connectivity index (χ2n) is 7.16. The van der Waals surface area contributed by atoms with Crippen LogP contribution in [-0.4, -0.2) is 68.2 Å². The predicted molar refractivity (Wildman–Crippen MR) is 98.4 cm³/mol. The third-order valence-corrected chi connectivity index (χ3v) is 6.23. The molecule has 2 aromatic rings. The van der Waals surface area contributed by atoms with Crippen molar-refractivity contribution in [1.29, 1.82) is 0 Å². The van der Waals surface area contributed by atoms with Gasteiger partial charge < -0.3 is 30.5 Å². The second kappa shape index (κ2) is 6.59. The van der Waals surface area contributed by atoms with Gasteiger partial charge in [-0.2, -0.15) is 0 Å². The first-order chi connectivity index (χ1) is 13.0.